The van der Waals surface area contributed by atoms with Gasteiger partial charge >= 0.3 is 0 Å². The minimum Gasteiger partial charge on any atom is -0.350 e. The van der Waals surface area contributed by atoms with Crippen molar-refractivity contribution >= 4 is 28.5 Å². The fourth-order valence-corrected chi connectivity index (χ4v) is 2.22. The Morgan fingerprint density at radius 1 is 1.53 bits per heavy atom. The van der Waals surface area contributed by atoms with E-state index in [-0.39, 0.29) is 5.91 Å². The smallest absolute Gasteiger partial charge is 0.252 e. The lowest BCUT2D eigenvalue weighted by Gasteiger charge is -2.07. The lowest BCUT2D eigenvalue weighted by atomic mass is 10.2. The van der Waals surface area contributed by atoms with Crippen LogP contribution in [0.2, 0.25) is 0 Å². The topological polar surface area (TPSA) is 46.9 Å². The first kappa shape index (κ1) is 14.0. The van der Waals surface area contributed by atoms with E-state index in [0.29, 0.717) is 18.7 Å². The van der Waals surface area contributed by atoms with E-state index in [1.54, 1.807) is 16.9 Å². The summed E-state index contributed by atoms with van der Waals surface area (Å²) in [7, 11) is 0. The SMILES string of the molecule is Cc1cnn(CCNC(=O)c2cc(F)ccc2I)c1. The summed E-state index contributed by atoms with van der Waals surface area (Å²) in [5.74, 6) is -0.680. The van der Waals surface area contributed by atoms with Crippen LogP contribution in [0.5, 0.6) is 0 Å². The van der Waals surface area contributed by atoms with E-state index in [9.17, 15) is 9.18 Å². The van der Waals surface area contributed by atoms with Gasteiger partial charge in [0.05, 0.1) is 18.3 Å². The van der Waals surface area contributed by atoms with Gasteiger partial charge in [-0.1, -0.05) is 0 Å². The number of aryl methyl sites for hydroxylation is 1. The normalized spacial score (nSPS) is 10.5. The number of hydrogen-bond acceptors (Lipinski definition) is 2. The number of rotatable bonds is 4. The molecule has 1 N–H and O–H groups in total. The van der Waals surface area contributed by atoms with Crippen LogP contribution < -0.4 is 5.32 Å². The van der Waals surface area contributed by atoms with Gasteiger partial charge < -0.3 is 5.32 Å². The fourth-order valence-electron chi connectivity index (χ4n) is 1.64. The molecule has 0 saturated heterocycles. The molecule has 0 saturated carbocycles. The van der Waals surface area contributed by atoms with Gasteiger partial charge in [0.1, 0.15) is 5.82 Å². The zero-order chi connectivity index (χ0) is 13.8. The standard InChI is InChI=1S/C13H13FIN3O/c1-9-7-17-18(8-9)5-4-16-13(19)11-6-10(14)2-3-12(11)15/h2-3,6-8H,4-5H2,1H3,(H,16,19). The first-order valence-corrected chi connectivity index (χ1v) is 6.86. The van der Waals surface area contributed by atoms with Crippen LogP contribution in [0.15, 0.2) is 30.6 Å². The van der Waals surface area contributed by atoms with Crippen LogP contribution in [0, 0.1) is 16.3 Å². The average Bonchev–Trinajstić information content (AvgIpc) is 2.78. The Balaban J connectivity index is 1.92. The molecule has 2 aromatic rings. The molecule has 100 valence electrons. The molecule has 0 fully saturated rings. The Labute approximate surface area is 124 Å². The van der Waals surface area contributed by atoms with Crippen LogP contribution in [-0.4, -0.2) is 22.2 Å². The molecule has 1 aromatic carbocycles. The van der Waals surface area contributed by atoms with Gasteiger partial charge in [0.2, 0.25) is 0 Å². The number of nitrogens with one attached hydrogen (secondary N) is 1. The van der Waals surface area contributed by atoms with E-state index in [0.717, 1.165) is 9.13 Å². The number of carbonyl (C=O) groups is 1. The zero-order valence-corrected chi connectivity index (χ0v) is 12.5. The average molecular weight is 373 g/mol. The number of benzene rings is 1. The molecule has 0 aliphatic rings. The molecule has 4 nitrogen and oxygen atoms in total. The van der Waals surface area contributed by atoms with Crippen LogP contribution in [0.25, 0.3) is 0 Å². The molecule has 1 aromatic heterocycles. The highest BCUT2D eigenvalue weighted by Gasteiger charge is 2.10. The summed E-state index contributed by atoms with van der Waals surface area (Å²) in [6, 6.07) is 4.17. The summed E-state index contributed by atoms with van der Waals surface area (Å²) >= 11 is 2.01. The van der Waals surface area contributed by atoms with Crippen molar-refractivity contribution in [3.63, 3.8) is 0 Å². The Hall–Kier alpha value is -1.44. The number of halogens is 2. The van der Waals surface area contributed by atoms with E-state index >= 15 is 0 Å². The van der Waals surface area contributed by atoms with E-state index < -0.39 is 5.82 Å². The summed E-state index contributed by atoms with van der Waals surface area (Å²) in [6.45, 7) is 3.00. The molecule has 0 spiro atoms. The largest absolute Gasteiger partial charge is 0.350 e. The molecule has 0 radical (unpaired) electrons. The molecule has 0 unspecified atom stereocenters. The molecule has 1 amide bonds. The summed E-state index contributed by atoms with van der Waals surface area (Å²) in [5, 5.41) is 6.87. The Morgan fingerprint density at radius 3 is 3.00 bits per heavy atom. The van der Waals surface area contributed by atoms with Crippen molar-refractivity contribution in [3.8, 4) is 0 Å². The van der Waals surface area contributed by atoms with Gasteiger partial charge in [-0.15, -0.1) is 0 Å². The predicted octanol–water partition coefficient (Wildman–Crippen LogP) is 2.37. The highest BCUT2D eigenvalue weighted by atomic mass is 127. The van der Waals surface area contributed by atoms with Crippen molar-refractivity contribution in [2.75, 3.05) is 6.54 Å². The maximum absolute atomic E-state index is 13.1. The second-order valence-electron chi connectivity index (χ2n) is 4.16. The molecule has 1 heterocycles. The maximum atomic E-state index is 13.1. The van der Waals surface area contributed by atoms with Crippen LogP contribution in [0.3, 0.4) is 0 Å². The van der Waals surface area contributed by atoms with Crippen LogP contribution >= 0.6 is 22.6 Å². The Kier molecular flexibility index (Phi) is 4.52. The number of carbonyl (C=O) groups excluding carboxylic acids is 1. The number of hydrogen-bond donors (Lipinski definition) is 1. The van der Waals surface area contributed by atoms with Crippen molar-refractivity contribution in [1.29, 1.82) is 0 Å². The van der Waals surface area contributed by atoms with Crippen molar-refractivity contribution in [1.82, 2.24) is 15.1 Å². The molecule has 0 aliphatic heterocycles. The first-order valence-electron chi connectivity index (χ1n) is 5.78. The van der Waals surface area contributed by atoms with E-state index in [1.807, 2.05) is 35.7 Å². The molecule has 0 aliphatic carbocycles. The Morgan fingerprint density at radius 2 is 2.32 bits per heavy atom. The van der Waals surface area contributed by atoms with E-state index in [2.05, 4.69) is 10.4 Å². The molecular formula is C13H13FIN3O. The molecule has 2 rings (SSSR count). The van der Waals surface area contributed by atoms with Gasteiger partial charge in [-0.2, -0.15) is 5.10 Å². The highest BCUT2D eigenvalue weighted by Crippen LogP contribution is 2.13. The minimum absolute atomic E-state index is 0.271. The molecule has 0 bridgehead atoms. The summed E-state index contributed by atoms with van der Waals surface area (Å²) < 4.78 is 15.6. The lowest BCUT2D eigenvalue weighted by Crippen LogP contribution is -2.28. The number of aromatic nitrogens is 2. The zero-order valence-electron chi connectivity index (χ0n) is 10.4. The van der Waals surface area contributed by atoms with Crippen molar-refractivity contribution in [2.45, 2.75) is 13.5 Å². The third-order valence-corrected chi connectivity index (χ3v) is 3.50. The number of nitrogens with zero attached hydrogens (tertiary/aromatic N) is 2. The third-order valence-electron chi connectivity index (χ3n) is 2.56. The summed E-state index contributed by atoms with van der Waals surface area (Å²) in [5.41, 5.74) is 1.43. The maximum Gasteiger partial charge on any atom is 0.252 e. The fraction of sp³-hybridized carbons (Fsp3) is 0.231. The van der Waals surface area contributed by atoms with Gasteiger partial charge in [0.15, 0.2) is 0 Å². The van der Waals surface area contributed by atoms with Crippen LogP contribution in [0.1, 0.15) is 15.9 Å². The van der Waals surface area contributed by atoms with Crippen LogP contribution in [0.4, 0.5) is 4.39 Å². The minimum atomic E-state index is -0.409. The van der Waals surface area contributed by atoms with Gasteiger partial charge in [0.25, 0.3) is 5.91 Å². The quantitative estimate of drug-likeness (QED) is 0.837. The van der Waals surface area contributed by atoms with Crippen molar-refractivity contribution < 1.29 is 9.18 Å². The molecular weight excluding hydrogens is 360 g/mol. The predicted molar refractivity (Wildman–Crippen MR) is 78.4 cm³/mol. The monoisotopic (exact) mass is 373 g/mol. The van der Waals surface area contributed by atoms with Crippen LogP contribution in [-0.2, 0) is 6.54 Å². The second-order valence-corrected chi connectivity index (χ2v) is 5.32. The third kappa shape index (κ3) is 3.76. The van der Waals surface area contributed by atoms with Gasteiger partial charge in [-0.05, 0) is 53.3 Å². The number of amides is 1. The summed E-state index contributed by atoms with van der Waals surface area (Å²) in [4.78, 5) is 11.9. The van der Waals surface area contributed by atoms with Crippen molar-refractivity contribution in [2.24, 2.45) is 0 Å². The Bertz CT molecular complexity index is 597. The van der Waals surface area contributed by atoms with Crippen molar-refractivity contribution in [3.05, 3.63) is 51.1 Å². The molecule has 19 heavy (non-hydrogen) atoms. The van der Waals surface area contributed by atoms with E-state index in [4.69, 9.17) is 0 Å². The molecule has 0 atom stereocenters. The van der Waals surface area contributed by atoms with E-state index in [1.165, 1.54) is 12.1 Å². The lowest BCUT2D eigenvalue weighted by molar-refractivity contribution is 0.0950. The van der Waals surface area contributed by atoms with Gasteiger partial charge in [-0.25, -0.2) is 4.39 Å². The van der Waals surface area contributed by atoms with Gasteiger partial charge in [-0.3, -0.25) is 9.48 Å². The first-order chi connectivity index (χ1) is 9.06. The highest BCUT2D eigenvalue weighted by molar-refractivity contribution is 14.1. The second kappa shape index (κ2) is 6.14. The molecule has 6 heteroatoms. The summed E-state index contributed by atoms with van der Waals surface area (Å²) in [6.07, 6.45) is 3.66. The van der Waals surface area contributed by atoms with Gasteiger partial charge in [0, 0.05) is 16.3 Å².